The first-order chi connectivity index (χ1) is 9.69. The van der Waals surface area contributed by atoms with E-state index in [9.17, 15) is 4.39 Å². The molecule has 1 aromatic carbocycles. The van der Waals surface area contributed by atoms with Gasteiger partial charge in [0.15, 0.2) is 0 Å². The number of hydrogen-bond acceptors (Lipinski definition) is 3. The van der Waals surface area contributed by atoms with Gasteiger partial charge in [-0.3, -0.25) is 0 Å². The predicted octanol–water partition coefficient (Wildman–Crippen LogP) is 4.28. The van der Waals surface area contributed by atoms with Gasteiger partial charge in [0.2, 0.25) is 5.88 Å². The van der Waals surface area contributed by atoms with E-state index in [4.69, 9.17) is 4.74 Å². The maximum atomic E-state index is 13.1. The van der Waals surface area contributed by atoms with Gasteiger partial charge in [-0.2, -0.15) is 0 Å². The molecule has 0 amide bonds. The highest BCUT2D eigenvalue weighted by Gasteiger charge is 2.03. The Bertz CT molecular complexity index is 560. The van der Waals surface area contributed by atoms with Gasteiger partial charge in [0.1, 0.15) is 11.6 Å². The van der Waals surface area contributed by atoms with Crippen molar-refractivity contribution in [3.63, 3.8) is 0 Å². The molecule has 0 radical (unpaired) electrons. The highest BCUT2D eigenvalue weighted by molar-refractivity contribution is 9.10. The second kappa shape index (κ2) is 7.36. The largest absolute Gasteiger partial charge is 0.439 e. The van der Waals surface area contributed by atoms with Crippen LogP contribution in [-0.2, 0) is 6.54 Å². The summed E-state index contributed by atoms with van der Waals surface area (Å²) in [5.74, 6) is 0.716. The van der Waals surface area contributed by atoms with Crippen molar-refractivity contribution in [2.75, 3.05) is 6.54 Å². The van der Waals surface area contributed by atoms with Crippen molar-refractivity contribution in [2.24, 2.45) is 0 Å². The molecule has 1 N–H and O–H groups in total. The van der Waals surface area contributed by atoms with Crippen molar-refractivity contribution in [1.29, 1.82) is 0 Å². The van der Waals surface area contributed by atoms with Gasteiger partial charge < -0.3 is 10.1 Å². The molecule has 5 heteroatoms. The Balaban J connectivity index is 1.97. The van der Waals surface area contributed by atoms with E-state index >= 15 is 0 Å². The van der Waals surface area contributed by atoms with Crippen LogP contribution in [0.5, 0.6) is 11.6 Å². The third-order valence-electron chi connectivity index (χ3n) is 2.67. The van der Waals surface area contributed by atoms with Crippen molar-refractivity contribution in [2.45, 2.75) is 19.9 Å². The summed E-state index contributed by atoms with van der Waals surface area (Å²) < 4.78 is 19.1. The van der Waals surface area contributed by atoms with Crippen molar-refractivity contribution >= 4 is 15.9 Å². The van der Waals surface area contributed by atoms with Crippen molar-refractivity contribution in [3.8, 4) is 11.6 Å². The van der Waals surface area contributed by atoms with E-state index in [0.29, 0.717) is 16.1 Å². The topological polar surface area (TPSA) is 34.1 Å². The molecule has 2 aromatic rings. The predicted molar refractivity (Wildman–Crippen MR) is 80.4 cm³/mol. The highest BCUT2D eigenvalue weighted by Crippen LogP contribution is 2.25. The van der Waals surface area contributed by atoms with E-state index in [2.05, 4.69) is 33.2 Å². The molecule has 0 spiro atoms. The summed E-state index contributed by atoms with van der Waals surface area (Å²) in [6.45, 7) is 3.91. The first-order valence-corrected chi connectivity index (χ1v) is 7.27. The van der Waals surface area contributed by atoms with E-state index in [1.807, 2.05) is 6.07 Å². The molecule has 20 heavy (non-hydrogen) atoms. The maximum Gasteiger partial charge on any atom is 0.219 e. The second-order valence-corrected chi connectivity index (χ2v) is 5.21. The van der Waals surface area contributed by atoms with Crippen LogP contribution >= 0.6 is 15.9 Å². The quantitative estimate of drug-likeness (QED) is 0.798. The fourth-order valence-corrected chi connectivity index (χ4v) is 2.00. The zero-order chi connectivity index (χ0) is 14.4. The molecule has 0 unspecified atom stereocenters. The summed E-state index contributed by atoms with van der Waals surface area (Å²) in [6.07, 6.45) is 2.88. The number of rotatable bonds is 6. The number of nitrogens with one attached hydrogen (secondary N) is 1. The lowest BCUT2D eigenvalue weighted by Gasteiger charge is -2.07. The van der Waals surface area contributed by atoms with E-state index in [0.717, 1.165) is 25.1 Å². The van der Waals surface area contributed by atoms with Crippen molar-refractivity contribution in [1.82, 2.24) is 10.3 Å². The Morgan fingerprint density at radius 2 is 2.15 bits per heavy atom. The zero-order valence-electron chi connectivity index (χ0n) is 11.2. The summed E-state index contributed by atoms with van der Waals surface area (Å²) in [5, 5.41) is 3.31. The van der Waals surface area contributed by atoms with Crippen LogP contribution in [0.2, 0.25) is 0 Å². The molecule has 0 saturated heterocycles. The smallest absolute Gasteiger partial charge is 0.219 e. The van der Waals surface area contributed by atoms with Crippen LogP contribution in [-0.4, -0.2) is 11.5 Å². The van der Waals surface area contributed by atoms with Crippen LogP contribution in [0.15, 0.2) is 41.0 Å². The van der Waals surface area contributed by atoms with E-state index in [1.54, 1.807) is 24.4 Å². The molecule has 106 valence electrons. The van der Waals surface area contributed by atoms with Gasteiger partial charge >= 0.3 is 0 Å². The fourth-order valence-electron chi connectivity index (χ4n) is 1.65. The normalized spacial score (nSPS) is 10.6. The van der Waals surface area contributed by atoms with E-state index < -0.39 is 0 Å². The molecule has 3 nitrogen and oxygen atoms in total. The molecule has 1 aromatic heterocycles. The lowest BCUT2D eigenvalue weighted by atomic mass is 10.3. The van der Waals surface area contributed by atoms with Gasteiger partial charge in [-0.15, -0.1) is 0 Å². The van der Waals surface area contributed by atoms with Gasteiger partial charge in [-0.25, -0.2) is 9.37 Å². The Hall–Kier alpha value is -1.46. The summed E-state index contributed by atoms with van der Waals surface area (Å²) in [6, 6.07) is 8.26. The molecular formula is C15H16BrFN2O. The first kappa shape index (κ1) is 14.9. The molecule has 0 fully saturated rings. The minimum atomic E-state index is -0.317. The minimum Gasteiger partial charge on any atom is -0.439 e. The van der Waals surface area contributed by atoms with Crippen LogP contribution in [0, 0.1) is 5.82 Å². The second-order valence-electron chi connectivity index (χ2n) is 4.36. The number of hydrogen-bond donors (Lipinski definition) is 1. The van der Waals surface area contributed by atoms with Crippen LogP contribution < -0.4 is 10.1 Å². The minimum absolute atomic E-state index is 0.317. The fraction of sp³-hybridized carbons (Fsp3) is 0.267. The van der Waals surface area contributed by atoms with Crippen LogP contribution in [0.25, 0.3) is 0 Å². The lowest BCUT2D eigenvalue weighted by Crippen LogP contribution is -2.13. The van der Waals surface area contributed by atoms with Crippen molar-refractivity contribution in [3.05, 3.63) is 52.4 Å². The zero-order valence-corrected chi connectivity index (χ0v) is 12.8. The van der Waals surface area contributed by atoms with Gasteiger partial charge in [0.25, 0.3) is 0 Å². The summed E-state index contributed by atoms with van der Waals surface area (Å²) >= 11 is 3.12. The number of halogens is 2. The Morgan fingerprint density at radius 1 is 1.30 bits per heavy atom. The van der Waals surface area contributed by atoms with E-state index in [-0.39, 0.29) is 5.82 Å². The number of aromatic nitrogens is 1. The Kier molecular flexibility index (Phi) is 5.49. The number of ether oxygens (including phenoxy) is 1. The van der Waals surface area contributed by atoms with Gasteiger partial charge in [-0.1, -0.05) is 13.0 Å². The lowest BCUT2D eigenvalue weighted by molar-refractivity contribution is 0.460. The van der Waals surface area contributed by atoms with Gasteiger partial charge in [0, 0.05) is 18.8 Å². The molecular weight excluding hydrogens is 323 g/mol. The number of nitrogens with zero attached hydrogens (tertiary/aromatic N) is 1. The number of pyridine rings is 1. The molecule has 0 aliphatic heterocycles. The van der Waals surface area contributed by atoms with Crippen LogP contribution in [0.4, 0.5) is 4.39 Å². The Labute approximate surface area is 126 Å². The molecule has 0 aliphatic carbocycles. The van der Waals surface area contributed by atoms with Crippen molar-refractivity contribution < 1.29 is 9.13 Å². The molecule has 0 aliphatic rings. The standard InChI is InChI=1S/C15H16BrFN2O/c1-2-7-18-9-11-3-6-15(19-10-11)20-12-4-5-14(17)13(16)8-12/h3-6,8,10,18H,2,7,9H2,1H3. The average molecular weight is 339 g/mol. The molecule has 0 atom stereocenters. The van der Waals surface area contributed by atoms with Crippen LogP contribution in [0.1, 0.15) is 18.9 Å². The summed E-state index contributed by atoms with van der Waals surface area (Å²) in [4.78, 5) is 4.23. The Morgan fingerprint density at radius 3 is 2.80 bits per heavy atom. The van der Waals surface area contributed by atoms with E-state index in [1.165, 1.54) is 6.07 Å². The average Bonchev–Trinajstić information content (AvgIpc) is 2.45. The molecule has 2 rings (SSSR count). The molecule has 0 bridgehead atoms. The van der Waals surface area contributed by atoms with Gasteiger partial charge in [-0.05, 0) is 52.7 Å². The summed E-state index contributed by atoms with van der Waals surface area (Å²) in [7, 11) is 0. The highest BCUT2D eigenvalue weighted by atomic mass is 79.9. The SMILES string of the molecule is CCCNCc1ccc(Oc2ccc(F)c(Br)c2)nc1. The maximum absolute atomic E-state index is 13.1. The monoisotopic (exact) mass is 338 g/mol. The third-order valence-corrected chi connectivity index (χ3v) is 3.27. The van der Waals surface area contributed by atoms with Gasteiger partial charge in [0.05, 0.1) is 4.47 Å². The molecule has 0 saturated carbocycles. The number of benzene rings is 1. The summed E-state index contributed by atoms with van der Waals surface area (Å²) in [5.41, 5.74) is 1.10. The first-order valence-electron chi connectivity index (χ1n) is 6.47. The third kappa shape index (κ3) is 4.28. The van der Waals surface area contributed by atoms with Crippen LogP contribution in [0.3, 0.4) is 0 Å². The molecule has 1 heterocycles.